The number of hydrogen-bond acceptors (Lipinski definition) is 18. The minimum absolute atomic E-state index is 0.0578. The number of hydrogen-bond donors (Lipinski definition) is 7. The third kappa shape index (κ3) is 15.9. The number of anilines is 3. The molecule has 4 aromatic rings. The lowest BCUT2D eigenvalue weighted by Crippen LogP contribution is -2.55. The fraction of sp³-hybridized carbons (Fsp3) is 0.441. The summed E-state index contributed by atoms with van der Waals surface area (Å²) in [7, 11) is 4.56. The van der Waals surface area contributed by atoms with Crippen molar-refractivity contribution in [1.82, 2.24) is 36.0 Å². The fourth-order valence-electron chi connectivity index (χ4n) is 12.2. The molecular formula is C68H80N10O17. The second-order valence-corrected chi connectivity index (χ2v) is 24.7. The number of nitrogens with zero attached hydrogens (tertiary/aromatic N) is 4. The smallest absolute Gasteiger partial charge is 0.416 e. The van der Waals surface area contributed by atoms with Crippen LogP contribution in [0.4, 0.5) is 21.9 Å². The number of fused-ring (bicyclic) bond motifs is 4. The number of nitrogens with one attached hydrogen (secondary N) is 6. The zero-order chi connectivity index (χ0) is 67.7. The highest BCUT2D eigenvalue weighted by Gasteiger charge is 2.58. The molecule has 2 unspecified atom stereocenters. The van der Waals surface area contributed by atoms with E-state index in [1.54, 1.807) is 67.2 Å². The van der Waals surface area contributed by atoms with Gasteiger partial charge in [0.1, 0.15) is 24.4 Å². The van der Waals surface area contributed by atoms with Gasteiger partial charge in [0.15, 0.2) is 29.2 Å². The molecule has 1 saturated carbocycles. The lowest BCUT2D eigenvalue weighted by molar-refractivity contribution is -0.137. The van der Waals surface area contributed by atoms with Crippen LogP contribution in [0.25, 0.3) is 5.57 Å². The van der Waals surface area contributed by atoms with Crippen molar-refractivity contribution in [3.05, 3.63) is 113 Å². The molecule has 27 heteroatoms. The van der Waals surface area contributed by atoms with Gasteiger partial charge in [0, 0.05) is 68.6 Å². The first-order valence-electron chi connectivity index (χ1n) is 31.8. The van der Waals surface area contributed by atoms with Crippen LogP contribution in [0.5, 0.6) is 28.7 Å². The molecule has 5 aliphatic heterocycles. The SMILES string of the molecule is COc1ccc(C2=CN3C(=O)c4cc(OC)c(OCCCOc5cc6c(cc5OC)C(=O)N5CC7(CC7)C[C@H]5C(O)N6C(=O)OCc5ccc(NC(=O)C(C)NC(=O)[C@H](NC(=O)CNC(=O)CNC(=O)CCCCCN6C(=O)C=CC6=O)C(C)C)cc5)cc4NC[C@H]3C2)cc1. The molecule has 27 nitrogen and oxygen atoms in total. The van der Waals surface area contributed by atoms with Gasteiger partial charge < -0.3 is 75.2 Å². The highest BCUT2D eigenvalue weighted by atomic mass is 16.6. The Kier molecular flexibility index (Phi) is 21.3. The van der Waals surface area contributed by atoms with Crippen molar-refractivity contribution in [3.8, 4) is 28.7 Å². The van der Waals surface area contributed by atoms with Crippen molar-refractivity contribution in [2.45, 2.75) is 116 Å². The number of imide groups is 1. The molecule has 4 aromatic carbocycles. The Labute approximate surface area is 549 Å². The van der Waals surface area contributed by atoms with Gasteiger partial charge in [-0.05, 0) is 110 Å². The largest absolute Gasteiger partial charge is 0.497 e. The highest BCUT2D eigenvalue weighted by Crippen LogP contribution is 2.57. The lowest BCUT2D eigenvalue weighted by atomic mass is 10.0. The number of ether oxygens (including phenoxy) is 6. The molecule has 5 atom stereocenters. The molecule has 504 valence electrons. The molecule has 1 aliphatic carbocycles. The van der Waals surface area contributed by atoms with E-state index >= 15 is 0 Å². The molecule has 10 rings (SSSR count). The van der Waals surface area contributed by atoms with Crippen molar-refractivity contribution >= 4 is 81.9 Å². The van der Waals surface area contributed by atoms with Gasteiger partial charge in [0.05, 0.1) is 82.2 Å². The topological polar surface area (TPSA) is 331 Å². The van der Waals surface area contributed by atoms with E-state index in [9.17, 15) is 53.1 Å². The van der Waals surface area contributed by atoms with Gasteiger partial charge in [-0.1, -0.05) is 44.5 Å². The molecule has 1 spiro atoms. The van der Waals surface area contributed by atoms with Crippen LogP contribution in [0.1, 0.15) is 110 Å². The van der Waals surface area contributed by atoms with Crippen LogP contribution in [0, 0.1) is 11.3 Å². The molecule has 10 amide bonds. The summed E-state index contributed by atoms with van der Waals surface area (Å²) in [6, 6.07) is 17.6. The Hall–Kier alpha value is -10.2. The summed E-state index contributed by atoms with van der Waals surface area (Å²) in [6.07, 6.45) is 6.85. The zero-order valence-corrected chi connectivity index (χ0v) is 53.9. The van der Waals surface area contributed by atoms with Crippen LogP contribution in [-0.2, 0) is 44.9 Å². The first-order valence-corrected chi connectivity index (χ1v) is 31.8. The van der Waals surface area contributed by atoms with Gasteiger partial charge in [-0.2, -0.15) is 0 Å². The van der Waals surface area contributed by atoms with Gasteiger partial charge in [0.2, 0.25) is 29.5 Å². The molecule has 0 bridgehead atoms. The van der Waals surface area contributed by atoms with E-state index in [-0.39, 0.29) is 97.2 Å². The summed E-state index contributed by atoms with van der Waals surface area (Å²) in [5.74, 6) is -2.72. The van der Waals surface area contributed by atoms with Crippen molar-refractivity contribution < 1.29 is 81.5 Å². The fourth-order valence-corrected chi connectivity index (χ4v) is 12.2. The maximum atomic E-state index is 14.5. The number of methoxy groups -OCH3 is 3. The van der Waals surface area contributed by atoms with E-state index < -0.39 is 72.4 Å². The summed E-state index contributed by atoms with van der Waals surface area (Å²) in [4.78, 5) is 136. The molecule has 0 radical (unpaired) electrons. The molecule has 6 aliphatic rings. The molecule has 1 saturated heterocycles. The van der Waals surface area contributed by atoms with Crippen molar-refractivity contribution in [3.63, 3.8) is 0 Å². The predicted molar refractivity (Wildman–Crippen MR) is 345 cm³/mol. The average Bonchev–Trinajstić information content (AvgIpc) is 1.57. The van der Waals surface area contributed by atoms with E-state index in [1.807, 2.05) is 30.5 Å². The van der Waals surface area contributed by atoms with Gasteiger partial charge in [-0.3, -0.25) is 48.1 Å². The highest BCUT2D eigenvalue weighted by molar-refractivity contribution is 6.13. The monoisotopic (exact) mass is 1310 g/mol. The van der Waals surface area contributed by atoms with Crippen molar-refractivity contribution in [2.75, 3.05) is 82.8 Å². The number of rotatable bonds is 28. The van der Waals surface area contributed by atoms with Gasteiger partial charge in [0.25, 0.3) is 23.6 Å². The maximum absolute atomic E-state index is 14.5. The van der Waals surface area contributed by atoms with Gasteiger partial charge in [-0.25, -0.2) is 9.69 Å². The number of carbonyl (C=O) groups excluding carboxylic acids is 10. The Morgan fingerprint density at radius 1 is 0.705 bits per heavy atom. The second kappa shape index (κ2) is 29.8. The molecule has 2 fully saturated rings. The Bertz CT molecular complexity index is 3660. The minimum atomic E-state index is -1.50. The van der Waals surface area contributed by atoms with Gasteiger partial charge >= 0.3 is 6.09 Å². The van der Waals surface area contributed by atoms with Gasteiger partial charge in [-0.15, -0.1) is 0 Å². The quantitative estimate of drug-likeness (QED) is 0.0290. The standard InChI is InChI=1S/C68H80N10O17/c1-39(2)61(74-58(81)35-71-57(80)34-70-56(79)11-8-7-9-24-75-59(82)20-21-60(75)83)63(85)72-40(3)62(84)73-44-16-12-41(13-17-44)37-95-67(89)78-50-31-55(53(92-6)29-48(50)65(87)77-38-68(22-23-68)32-51(77)66(78)88)94-26-10-25-93-54-30-49-47(28-52(54)91-5)64(86)76-36-43(27-45(76)33-69-49)42-14-18-46(90-4)19-15-42/h12-21,28-31,36,39-40,45,51,61,66,69,88H,7-11,22-27,32-35,37-38H2,1-6H3,(H,70,79)(H,71,80)(H,72,85)(H,73,84)(H,74,81)/t40?,45-,51+,61-,66?/m1/s1. The first-order chi connectivity index (χ1) is 45.7. The molecule has 0 aromatic heterocycles. The molecule has 95 heavy (non-hydrogen) atoms. The Balaban J connectivity index is 0.699. The average molecular weight is 1310 g/mol. The van der Waals surface area contributed by atoms with Crippen molar-refractivity contribution in [1.29, 1.82) is 0 Å². The lowest BCUT2D eigenvalue weighted by Gasteiger charge is -2.31. The van der Waals surface area contributed by atoms with E-state index in [1.165, 1.54) is 45.4 Å². The molecular weight excluding hydrogens is 1230 g/mol. The second-order valence-electron chi connectivity index (χ2n) is 24.7. The number of carbonyl (C=O) groups is 10. The van der Waals surface area contributed by atoms with Crippen LogP contribution in [0.3, 0.4) is 0 Å². The third-order valence-electron chi connectivity index (χ3n) is 17.7. The summed E-state index contributed by atoms with van der Waals surface area (Å²) in [5, 5.41) is 28.4. The van der Waals surface area contributed by atoms with Crippen LogP contribution in [0.2, 0.25) is 0 Å². The first kappa shape index (κ1) is 67.7. The number of benzene rings is 4. The Morgan fingerprint density at radius 3 is 2.03 bits per heavy atom. The zero-order valence-electron chi connectivity index (χ0n) is 53.9. The summed E-state index contributed by atoms with van der Waals surface area (Å²) >= 11 is 0. The summed E-state index contributed by atoms with van der Waals surface area (Å²) < 4.78 is 35.1. The van der Waals surface area contributed by atoms with E-state index in [0.29, 0.717) is 85.6 Å². The predicted octanol–water partition coefficient (Wildman–Crippen LogP) is 5.01. The molecule has 7 N–H and O–H groups in total. The maximum Gasteiger partial charge on any atom is 0.416 e. The van der Waals surface area contributed by atoms with Crippen LogP contribution < -0.4 is 60.5 Å². The van der Waals surface area contributed by atoms with E-state index in [0.717, 1.165) is 39.5 Å². The minimum Gasteiger partial charge on any atom is -0.497 e. The van der Waals surface area contributed by atoms with Crippen molar-refractivity contribution in [2.24, 2.45) is 11.3 Å². The molecule has 5 heterocycles. The van der Waals surface area contributed by atoms with Crippen LogP contribution in [-0.4, -0.2) is 177 Å². The summed E-state index contributed by atoms with van der Waals surface area (Å²) in [5.41, 5.74) is 3.98. The number of aliphatic hydroxyl groups is 1. The van der Waals surface area contributed by atoms with E-state index in [2.05, 4.69) is 31.9 Å². The Morgan fingerprint density at radius 2 is 1.37 bits per heavy atom. The number of unbranched alkanes of at least 4 members (excludes halogenated alkanes) is 2. The normalized spacial score (nSPS) is 18.6. The van der Waals surface area contributed by atoms with Crippen LogP contribution in [0.15, 0.2) is 91.1 Å². The van der Waals surface area contributed by atoms with E-state index in [4.69, 9.17) is 28.4 Å². The third-order valence-corrected chi connectivity index (χ3v) is 17.7. The number of aliphatic hydroxyl groups excluding tert-OH is 1. The number of amides is 10. The summed E-state index contributed by atoms with van der Waals surface area (Å²) in [6.45, 7) is 5.13. The van der Waals surface area contributed by atoms with Crippen LogP contribution >= 0.6 is 0 Å².